The van der Waals surface area contributed by atoms with Gasteiger partial charge in [-0.05, 0) is 44.9 Å². The average Bonchev–Trinajstić information content (AvgIpc) is 3.31. The molecule has 1 fully saturated rings. The third-order valence-corrected chi connectivity index (χ3v) is 5.28. The van der Waals surface area contributed by atoms with Gasteiger partial charge in [-0.1, -0.05) is 0 Å². The number of ether oxygens (including phenoxy) is 1. The number of rotatable bonds is 4. The summed E-state index contributed by atoms with van der Waals surface area (Å²) in [6.07, 6.45) is 7.63. The molecule has 3 aromatic rings. The number of hydrogen-bond donors (Lipinski definition) is 0. The van der Waals surface area contributed by atoms with E-state index in [-0.39, 0.29) is 18.1 Å². The number of likely N-dealkylation sites (tertiary alicyclic amines) is 1. The van der Waals surface area contributed by atoms with Crippen LogP contribution < -0.4 is 4.74 Å². The second-order valence-corrected chi connectivity index (χ2v) is 7.22. The Hall–Kier alpha value is -3.80. The zero-order valence-electron chi connectivity index (χ0n) is 16.8. The molecule has 30 heavy (non-hydrogen) atoms. The van der Waals surface area contributed by atoms with Crippen LogP contribution in [-0.2, 0) is 0 Å². The smallest absolute Gasteiger partial charge is 0.258 e. The molecular weight excluding hydrogens is 382 g/mol. The first-order valence-corrected chi connectivity index (χ1v) is 9.73. The fourth-order valence-electron chi connectivity index (χ4n) is 3.57. The van der Waals surface area contributed by atoms with Crippen molar-refractivity contribution in [2.24, 2.45) is 0 Å². The Balaban J connectivity index is 1.57. The van der Waals surface area contributed by atoms with E-state index in [1.54, 1.807) is 47.9 Å². The normalized spacial score (nSPS) is 18.6. The minimum Gasteiger partial charge on any atom is -0.472 e. The number of nitriles is 1. The van der Waals surface area contributed by atoms with Gasteiger partial charge in [0, 0.05) is 24.0 Å². The Morgan fingerprint density at radius 3 is 2.73 bits per heavy atom. The van der Waals surface area contributed by atoms with Crippen LogP contribution in [0.15, 0.2) is 43.0 Å². The molecule has 1 aliphatic heterocycles. The van der Waals surface area contributed by atoms with Crippen molar-refractivity contribution in [2.45, 2.75) is 38.8 Å². The summed E-state index contributed by atoms with van der Waals surface area (Å²) < 4.78 is 6.09. The van der Waals surface area contributed by atoms with Gasteiger partial charge in [0.2, 0.25) is 5.88 Å². The minimum atomic E-state index is -0.215. The van der Waals surface area contributed by atoms with E-state index in [0.29, 0.717) is 34.9 Å². The molecule has 4 heterocycles. The van der Waals surface area contributed by atoms with Crippen LogP contribution in [0.4, 0.5) is 0 Å². The van der Waals surface area contributed by atoms with Crippen LogP contribution in [0.1, 0.15) is 41.3 Å². The predicted octanol–water partition coefficient (Wildman–Crippen LogP) is 2.31. The predicted molar refractivity (Wildman–Crippen MR) is 107 cm³/mol. The molecular formula is C21H21N7O2. The number of nitrogens with zero attached hydrogens (tertiary/aromatic N) is 7. The summed E-state index contributed by atoms with van der Waals surface area (Å²) in [5.74, 6) is 0.678. The van der Waals surface area contributed by atoms with Crippen molar-refractivity contribution in [3.63, 3.8) is 0 Å². The highest BCUT2D eigenvalue weighted by Crippen LogP contribution is 2.26. The molecule has 3 aromatic heterocycles. The van der Waals surface area contributed by atoms with Gasteiger partial charge in [-0.25, -0.2) is 9.97 Å². The van der Waals surface area contributed by atoms with Crippen LogP contribution in [0.3, 0.4) is 0 Å². The zero-order chi connectivity index (χ0) is 21.1. The molecule has 9 nitrogen and oxygen atoms in total. The van der Waals surface area contributed by atoms with Crippen LogP contribution in [0, 0.1) is 18.3 Å². The van der Waals surface area contributed by atoms with Crippen LogP contribution in [0.25, 0.3) is 5.82 Å². The summed E-state index contributed by atoms with van der Waals surface area (Å²) in [5, 5.41) is 17.4. The first-order valence-electron chi connectivity index (χ1n) is 9.73. The molecule has 0 spiro atoms. The lowest BCUT2D eigenvalue weighted by molar-refractivity contribution is 0.0370. The molecule has 1 saturated heterocycles. The molecule has 4 rings (SSSR count). The van der Waals surface area contributed by atoms with Gasteiger partial charge in [0.15, 0.2) is 5.82 Å². The van der Waals surface area contributed by atoms with E-state index >= 15 is 0 Å². The number of carbonyl (C=O) groups is 1. The first-order chi connectivity index (χ1) is 14.6. The van der Waals surface area contributed by atoms with Gasteiger partial charge in [0.25, 0.3) is 5.91 Å². The second-order valence-electron chi connectivity index (χ2n) is 7.22. The largest absolute Gasteiger partial charge is 0.472 e. The SMILES string of the molecule is Cc1c(C#N)ccnc1O[C@@H]1CC[C@@H](C)N(C(=O)c2cccnc2-n2nccn2)C1. The number of pyridine rings is 2. The number of carbonyl (C=O) groups excluding carboxylic acids is 1. The maximum Gasteiger partial charge on any atom is 0.258 e. The van der Waals surface area contributed by atoms with Crippen molar-refractivity contribution in [1.29, 1.82) is 5.26 Å². The molecule has 0 radical (unpaired) electrons. The van der Waals surface area contributed by atoms with Gasteiger partial charge in [-0.15, -0.1) is 4.80 Å². The lowest BCUT2D eigenvalue weighted by Crippen LogP contribution is -2.49. The summed E-state index contributed by atoms with van der Waals surface area (Å²) in [4.78, 5) is 25.1. The van der Waals surface area contributed by atoms with Crippen LogP contribution >= 0.6 is 0 Å². The highest BCUT2D eigenvalue weighted by atomic mass is 16.5. The average molecular weight is 403 g/mol. The molecule has 0 aliphatic carbocycles. The van der Waals surface area contributed by atoms with Crippen molar-refractivity contribution in [3.8, 4) is 17.8 Å². The van der Waals surface area contributed by atoms with E-state index in [2.05, 4.69) is 26.2 Å². The van der Waals surface area contributed by atoms with Gasteiger partial charge in [0.1, 0.15) is 6.10 Å². The molecule has 9 heteroatoms. The summed E-state index contributed by atoms with van der Waals surface area (Å²) >= 11 is 0. The Kier molecular flexibility index (Phi) is 5.39. The summed E-state index contributed by atoms with van der Waals surface area (Å²) in [6.45, 7) is 4.25. The fourth-order valence-corrected chi connectivity index (χ4v) is 3.57. The summed E-state index contributed by atoms with van der Waals surface area (Å²) in [5.41, 5.74) is 1.67. The molecule has 152 valence electrons. The summed E-state index contributed by atoms with van der Waals surface area (Å²) in [7, 11) is 0. The maximum absolute atomic E-state index is 13.4. The van der Waals surface area contributed by atoms with Crippen LogP contribution in [0.2, 0.25) is 0 Å². The van der Waals surface area contributed by atoms with Crippen LogP contribution in [0.5, 0.6) is 5.88 Å². The quantitative estimate of drug-likeness (QED) is 0.657. The molecule has 0 aromatic carbocycles. The molecule has 0 saturated carbocycles. The first kappa shape index (κ1) is 19.5. The lowest BCUT2D eigenvalue weighted by atomic mass is 10.00. The van der Waals surface area contributed by atoms with Gasteiger partial charge >= 0.3 is 0 Å². The van der Waals surface area contributed by atoms with E-state index in [1.807, 2.05) is 13.8 Å². The Bertz CT molecular complexity index is 1090. The molecule has 0 bridgehead atoms. The van der Waals surface area contributed by atoms with Crippen LogP contribution in [-0.4, -0.2) is 54.5 Å². The van der Waals surface area contributed by atoms with Gasteiger partial charge < -0.3 is 9.64 Å². The van der Waals surface area contributed by atoms with E-state index in [1.165, 1.54) is 4.80 Å². The summed E-state index contributed by atoms with van der Waals surface area (Å²) in [6, 6.07) is 7.31. The third-order valence-electron chi connectivity index (χ3n) is 5.28. The standard InChI is InChI=1S/C21H21N7O2/c1-14-5-6-17(30-20-15(2)16(12-22)7-9-24-20)13-27(14)21(29)18-4-3-8-23-19(18)28-25-10-11-26-28/h3-4,7-11,14,17H,5-6,13H2,1-2H3/t14-,17-/m1/s1. The van der Waals surface area contributed by atoms with Crippen molar-refractivity contribution in [2.75, 3.05) is 6.54 Å². The van der Waals surface area contributed by atoms with Gasteiger partial charge in [-0.2, -0.15) is 15.5 Å². The molecule has 1 amide bonds. The highest BCUT2D eigenvalue weighted by Gasteiger charge is 2.32. The third kappa shape index (κ3) is 3.72. The topological polar surface area (TPSA) is 110 Å². The Morgan fingerprint density at radius 2 is 1.97 bits per heavy atom. The van der Waals surface area contributed by atoms with E-state index in [0.717, 1.165) is 12.8 Å². The minimum absolute atomic E-state index is 0.0514. The number of amides is 1. The molecule has 1 aliphatic rings. The number of hydrogen-bond acceptors (Lipinski definition) is 7. The monoisotopic (exact) mass is 403 g/mol. The fraction of sp³-hybridized carbons (Fsp3) is 0.333. The molecule has 0 N–H and O–H groups in total. The zero-order valence-corrected chi connectivity index (χ0v) is 16.8. The van der Waals surface area contributed by atoms with Gasteiger partial charge in [-0.3, -0.25) is 4.79 Å². The Labute approximate surface area is 173 Å². The highest BCUT2D eigenvalue weighted by molar-refractivity contribution is 5.97. The molecule has 2 atom stereocenters. The van der Waals surface area contributed by atoms with E-state index < -0.39 is 0 Å². The van der Waals surface area contributed by atoms with Crippen molar-refractivity contribution in [1.82, 2.24) is 29.9 Å². The number of aromatic nitrogens is 5. The Morgan fingerprint density at radius 1 is 1.17 bits per heavy atom. The van der Waals surface area contributed by atoms with Crippen molar-refractivity contribution >= 4 is 5.91 Å². The second kappa shape index (κ2) is 8.29. The van der Waals surface area contributed by atoms with E-state index in [9.17, 15) is 10.1 Å². The van der Waals surface area contributed by atoms with Gasteiger partial charge in [0.05, 0.1) is 36.1 Å². The maximum atomic E-state index is 13.4. The molecule has 0 unspecified atom stereocenters. The van der Waals surface area contributed by atoms with E-state index in [4.69, 9.17) is 4.74 Å². The van der Waals surface area contributed by atoms with Crippen molar-refractivity contribution < 1.29 is 9.53 Å². The lowest BCUT2D eigenvalue weighted by Gasteiger charge is -2.38. The van der Waals surface area contributed by atoms with Crippen molar-refractivity contribution in [3.05, 3.63) is 59.7 Å². The number of piperidine rings is 1.